The highest BCUT2D eigenvalue weighted by atomic mass is 19.4. The lowest BCUT2D eigenvalue weighted by Gasteiger charge is -2.09. The number of benzene rings is 1. The fraction of sp³-hybridized carbons (Fsp3) is 0.400. The van der Waals surface area contributed by atoms with Gasteiger partial charge in [-0.05, 0) is 31.5 Å². The monoisotopic (exact) mass is 297 g/mol. The summed E-state index contributed by atoms with van der Waals surface area (Å²) in [6, 6.07) is 5.22. The minimum absolute atomic E-state index is 0.520. The molecule has 0 atom stereocenters. The van der Waals surface area contributed by atoms with Crippen molar-refractivity contribution in [3.8, 4) is 0 Å². The van der Waals surface area contributed by atoms with Crippen molar-refractivity contribution in [2.45, 2.75) is 33.1 Å². The van der Waals surface area contributed by atoms with Crippen LogP contribution in [0.1, 0.15) is 28.1 Å². The first kappa shape index (κ1) is 15.6. The highest BCUT2D eigenvalue weighted by Crippen LogP contribution is 2.29. The largest absolute Gasteiger partial charge is 0.416 e. The van der Waals surface area contributed by atoms with Gasteiger partial charge in [0.2, 0.25) is 0 Å². The minimum Gasteiger partial charge on any atom is -0.308 e. The Morgan fingerprint density at radius 2 is 1.71 bits per heavy atom. The third-order valence-electron chi connectivity index (χ3n) is 3.57. The highest BCUT2D eigenvalue weighted by Gasteiger charge is 2.29. The van der Waals surface area contributed by atoms with Gasteiger partial charge in [0.05, 0.1) is 11.3 Å². The number of nitrogens with one attached hydrogen (secondary N) is 1. The molecule has 0 aliphatic heterocycles. The Bertz CT molecular complexity index is 612. The Kier molecular flexibility index (Phi) is 4.37. The van der Waals surface area contributed by atoms with Crippen LogP contribution in [0.25, 0.3) is 0 Å². The molecular weight excluding hydrogens is 279 g/mol. The number of aryl methyl sites for hydroxylation is 2. The van der Waals surface area contributed by atoms with Crippen molar-refractivity contribution in [1.82, 2.24) is 15.1 Å². The number of halogens is 3. The third-order valence-corrected chi connectivity index (χ3v) is 3.57. The summed E-state index contributed by atoms with van der Waals surface area (Å²) in [7, 11) is 1.89. The minimum atomic E-state index is -4.28. The molecular formula is C15H18F3N3. The maximum Gasteiger partial charge on any atom is 0.416 e. The molecule has 0 aliphatic rings. The molecule has 21 heavy (non-hydrogen) atoms. The fourth-order valence-corrected chi connectivity index (χ4v) is 2.22. The molecule has 0 saturated heterocycles. The molecule has 1 aromatic heterocycles. The van der Waals surface area contributed by atoms with Gasteiger partial charge >= 0.3 is 6.18 Å². The lowest BCUT2D eigenvalue weighted by atomic mass is 10.1. The van der Waals surface area contributed by atoms with E-state index in [0.29, 0.717) is 13.1 Å². The van der Waals surface area contributed by atoms with Crippen molar-refractivity contribution in [1.29, 1.82) is 0 Å². The first-order chi connectivity index (χ1) is 9.79. The topological polar surface area (TPSA) is 29.9 Å². The fourth-order valence-electron chi connectivity index (χ4n) is 2.22. The van der Waals surface area contributed by atoms with Crippen LogP contribution in [-0.2, 0) is 26.3 Å². The maximum atomic E-state index is 12.5. The molecule has 2 rings (SSSR count). The van der Waals surface area contributed by atoms with Gasteiger partial charge in [-0.2, -0.15) is 18.3 Å². The summed E-state index contributed by atoms with van der Waals surface area (Å²) in [5.41, 5.74) is 3.39. The van der Waals surface area contributed by atoms with Crippen LogP contribution in [0.3, 0.4) is 0 Å². The van der Waals surface area contributed by atoms with Crippen LogP contribution in [0.5, 0.6) is 0 Å². The number of hydrogen-bond acceptors (Lipinski definition) is 2. The van der Waals surface area contributed by atoms with Gasteiger partial charge in [0, 0.05) is 31.4 Å². The van der Waals surface area contributed by atoms with Gasteiger partial charge in [0.25, 0.3) is 0 Å². The summed E-state index contributed by atoms with van der Waals surface area (Å²) >= 11 is 0. The average molecular weight is 297 g/mol. The number of nitrogens with zero attached hydrogens (tertiary/aromatic N) is 2. The predicted molar refractivity (Wildman–Crippen MR) is 74.7 cm³/mol. The zero-order chi connectivity index (χ0) is 15.6. The summed E-state index contributed by atoms with van der Waals surface area (Å²) in [6.07, 6.45) is -4.28. The van der Waals surface area contributed by atoms with E-state index in [1.54, 1.807) is 0 Å². The summed E-state index contributed by atoms with van der Waals surface area (Å²) in [6.45, 7) is 5.11. The van der Waals surface area contributed by atoms with Gasteiger partial charge in [-0.15, -0.1) is 0 Å². The third kappa shape index (κ3) is 3.64. The van der Waals surface area contributed by atoms with Crippen LogP contribution in [0.15, 0.2) is 24.3 Å². The number of hydrogen-bond donors (Lipinski definition) is 1. The quantitative estimate of drug-likeness (QED) is 0.938. The standard InChI is InChI=1S/C15H18F3N3/c1-10-14(11(2)21(3)20-10)9-19-8-12-4-6-13(7-5-12)15(16,17)18/h4-7,19H,8-9H2,1-3H3. The van der Waals surface area contributed by atoms with Crippen LogP contribution in [0, 0.1) is 13.8 Å². The second-order valence-corrected chi connectivity index (χ2v) is 5.07. The number of alkyl halides is 3. The molecule has 0 aliphatic carbocycles. The lowest BCUT2D eigenvalue weighted by Crippen LogP contribution is -2.14. The molecule has 0 unspecified atom stereocenters. The van der Waals surface area contributed by atoms with Crippen molar-refractivity contribution in [3.63, 3.8) is 0 Å². The van der Waals surface area contributed by atoms with Crippen molar-refractivity contribution >= 4 is 0 Å². The first-order valence-electron chi connectivity index (χ1n) is 6.65. The van der Waals surface area contributed by atoms with E-state index in [9.17, 15) is 13.2 Å². The normalized spacial score (nSPS) is 11.9. The van der Waals surface area contributed by atoms with E-state index >= 15 is 0 Å². The van der Waals surface area contributed by atoms with Crippen LogP contribution in [-0.4, -0.2) is 9.78 Å². The Morgan fingerprint density at radius 1 is 1.10 bits per heavy atom. The van der Waals surface area contributed by atoms with Crippen molar-refractivity contribution in [2.24, 2.45) is 7.05 Å². The molecule has 0 radical (unpaired) electrons. The molecule has 2 aromatic rings. The summed E-state index contributed by atoms with van der Waals surface area (Å²) < 4.78 is 39.2. The maximum absolute atomic E-state index is 12.5. The van der Waals surface area contributed by atoms with Crippen LogP contribution in [0.4, 0.5) is 13.2 Å². The molecule has 0 fully saturated rings. The summed E-state index contributed by atoms with van der Waals surface area (Å²) in [5, 5.41) is 7.56. The van der Waals surface area contributed by atoms with Gasteiger partial charge in [0.15, 0.2) is 0 Å². The van der Waals surface area contributed by atoms with E-state index in [-0.39, 0.29) is 0 Å². The zero-order valence-electron chi connectivity index (χ0n) is 12.3. The molecule has 1 N–H and O–H groups in total. The lowest BCUT2D eigenvalue weighted by molar-refractivity contribution is -0.137. The van der Waals surface area contributed by atoms with E-state index in [1.807, 2.05) is 25.6 Å². The van der Waals surface area contributed by atoms with Gasteiger partial charge in [-0.25, -0.2) is 0 Å². The molecule has 0 amide bonds. The smallest absolute Gasteiger partial charge is 0.308 e. The molecule has 0 spiro atoms. The Hall–Kier alpha value is -1.82. The highest BCUT2D eigenvalue weighted by molar-refractivity contribution is 5.26. The van der Waals surface area contributed by atoms with Crippen LogP contribution in [0.2, 0.25) is 0 Å². The Balaban J connectivity index is 1.95. The number of aromatic nitrogens is 2. The summed E-state index contributed by atoms with van der Waals surface area (Å²) in [5.74, 6) is 0. The first-order valence-corrected chi connectivity index (χ1v) is 6.65. The van der Waals surface area contributed by atoms with Gasteiger partial charge in [-0.3, -0.25) is 4.68 Å². The van der Waals surface area contributed by atoms with E-state index in [4.69, 9.17) is 0 Å². The SMILES string of the molecule is Cc1nn(C)c(C)c1CNCc1ccc(C(F)(F)F)cc1. The van der Waals surface area contributed by atoms with Crippen molar-refractivity contribution < 1.29 is 13.2 Å². The molecule has 114 valence electrons. The molecule has 0 bridgehead atoms. The van der Waals surface area contributed by atoms with Gasteiger partial charge in [0.1, 0.15) is 0 Å². The van der Waals surface area contributed by atoms with E-state index < -0.39 is 11.7 Å². The Labute approximate surface area is 121 Å². The van der Waals surface area contributed by atoms with E-state index in [2.05, 4.69) is 10.4 Å². The van der Waals surface area contributed by atoms with Crippen molar-refractivity contribution in [2.75, 3.05) is 0 Å². The summed E-state index contributed by atoms with van der Waals surface area (Å²) in [4.78, 5) is 0. The van der Waals surface area contributed by atoms with E-state index in [0.717, 1.165) is 34.6 Å². The molecule has 6 heteroatoms. The second kappa shape index (κ2) is 5.89. The predicted octanol–water partition coefficient (Wildman–Crippen LogP) is 3.35. The Morgan fingerprint density at radius 3 is 2.19 bits per heavy atom. The van der Waals surface area contributed by atoms with Crippen LogP contribution < -0.4 is 5.32 Å². The van der Waals surface area contributed by atoms with Crippen molar-refractivity contribution in [3.05, 3.63) is 52.3 Å². The molecule has 0 saturated carbocycles. The molecule has 1 aromatic carbocycles. The molecule has 3 nitrogen and oxygen atoms in total. The van der Waals surface area contributed by atoms with E-state index in [1.165, 1.54) is 12.1 Å². The van der Waals surface area contributed by atoms with Gasteiger partial charge in [-0.1, -0.05) is 12.1 Å². The number of rotatable bonds is 4. The van der Waals surface area contributed by atoms with Crippen LogP contribution >= 0.6 is 0 Å². The van der Waals surface area contributed by atoms with Gasteiger partial charge < -0.3 is 5.32 Å². The zero-order valence-corrected chi connectivity index (χ0v) is 12.3. The molecule has 1 heterocycles. The average Bonchev–Trinajstić information content (AvgIpc) is 2.64. The second-order valence-electron chi connectivity index (χ2n) is 5.07.